The summed E-state index contributed by atoms with van der Waals surface area (Å²) in [5.74, 6) is 0.446. The van der Waals surface area contributed by atoms with Crippen molar-refractivity contribution in [3.8, 4) is 17.2 Å². The number of amides is 1. The Balaban J connectivity index is 2.07. The molecule has 1 N–H and O–H groups in total. The number of ether oxygens (including phenoxy) is 3. The number of aryl methyl sites for hydroxylation is 1. The number of methoxy groups -OCH3 is 2. The Morgan fingerprint density at radius 3 is 2.35 bits per heavy atom. The van der Waals surface area contributed by atoms with E-state index in [4.69, 9.17) is 14.2 Å². The van der Waals surface area contributed by atoms with Crippen LogP contribution >= 0.6 is 0 Å². The molecule has 0 saturated carbocycles. The molecule has 0 aliphatic heterocycles. The Kier molecular flexibility index (Phi) is 5.41. The van der Waals surface area contributed by atoms with Crippen LogP contribution in [0.4, 0.5) is 10.1 Å². The van der Waals surface area contributed by atoms with Crippen LogP contribution in [0.15, 0.2) is 36.4 Å². The number of nitrogens with one attached hydrogen (secondary N) is 1. The molecule has 2 rings (SSSR count). The first-order valence-electron chi connectivity index (χ1n) is 6.94. The monoisotopic (exact) mass is 319 g/mol. The topological polar surface area (TPSA) is 56.8 Å². The zero-order valence-corrected chi connectivity index (χ0v) is 13.2. The van der Waals surface area contributed by atoms with Crippen LogP contribution in [-0.2, 0) is 4.79 Å². The number of halogens is 1. The van der Waals surface area contributed by atoms with Gasteiger partial charge in [0.15, 0.2) is 18.1 Å². The third-order valence-electron chi connectivity index (χ3n) is 3.06. The molecule has 23 heavy (non-hydrogen) atoms. The predicted molar refractivity (Wildman–Crippen MR) is 84.8 cm³/mol. The van der Waals surface area contributed by atoms with E-state index in [1.54, 1.807) is 18.2 Å². The second-order valence-corrected chi connectivity index (χ2v) is 4.85. The van der Waals surface area contributed by atoms with E-state index in [-0.39, 0.29) is 6.61 Å². The maximum Gasteiger partial charge on any atom is 0.262 e. The highest BCUT2D eigenvalue weighted by atomic mass is 19.1. The molecule has 0 bridgehead atoms. The van der Waals surface area contributed by atoms with E-state index >= 15 is 0 Å². The molecule has 122 valence electrons. The fraction of sp³-hybridized carbons (Fsp3) is 0.235. The van der Waals surface area contributed by atoms with Gasteiger partial charge in [0, 0.05) is 5.69 Å². The summed E-state index contributed by atoms with van der Waals surface area (Å²) in [6.07, 6.45) is 0. The third kappa shape index (κ3) is 4.35. The highest BCUT2D eigenvalue weighted by Gasteiger charge is 2.14. The zero-order valence-electron chi connectivity index (χ0n) is 13.2. The average Bonchev–Trinajstić information content (AvgIpc) is 2.52. The molecular formula is C17H18FNO4. The number of carbonyl (C=O) groups is 1. The fourth-order valence-corrected chi connectivity index (χ4v) is 2.05. The van der Waals surface area contributed by atoms with E-state index in [1.165, 1.54) is 32.4 Å². The van der Waals surface area contributed by atoms with Gasteiger partial charge in [-0.25, -0.2) is 4.39 Å². The largest absolute Gasteiger partial charge is 0.493 e. The molecular weight excluding hydrogens is 301 g/mol. The third-order valence-corrected chi connectivity index (χ3v) is 3.06. The van der Waals surface area contributed by atoms with E-state index in [0.717, 1.165) is 5.56 Å². The summed E-state index contributed by atoms with van der Waals surface area (Å²) in [7, 11) is 3.02. The molecule has 0 fully saturated rings. The van der Waals surface area contributed by atoms with Gasteiger partial charge in [0.25, 0.3) is 5.91 Å². The summed E-state index contributed by atoms with van der Waals surface area (Å²) in [6, 6.07) is 9.19. The van der Waals surface area contributed by atoms with Crippen LogP contribution in [0.25, 0.3) is 0 Å². The lowest BCUT2D eigenvalue weighted by Gasteiger charge is -2.15. The van der Waals surface area contributed by atoms with Gasteiger partial charge in [0.2, 0.25) is 5.75 Å². The van der Waals surface area contributed by atoms with E-state index in [9.17, 15) is 9.18 Å². The van der Waals surface area contributed by atoms with Crippen LogP contribution in [0.3, 0.4) is 0 Å². The van der Waals surface area contributed by atoms with Crippen LogP contribution in [0.5, 0.6) is 17.2 Å². The van der Waals surface area contributed by atoms with E-state index in [1.807, 2.05) is 6.92 Å². The number of hydrogen-bond acceptors (Lipinski definition) is 4. The Morgan fingerprint density at radius 1 is 1.13 bits per heavy atom. The minimum atomic E-state index is -0.425. The molecule has 5 nitrogen and oxygen atoms in total. The first kappa shape index (κ1) is 16.6. The average molecular weight is 319 g/mol. The molecule has 0 atom stereocenters. The quantitative estimate of drug-likeness (QED) is 0.888. The Morgan fingerprint density at radius 2 is 1.78 bits per heavy atom. The molecule has 0 radical (unpaired) electrons. The molecule has 0 spiro atoms. The molecule has 2 aromatic rings. The van der Waals surface area contributed by atoms with Crippen molar-refractivity contribution in [1.29, 1.82) is 0 Å². The summed E-state index contributed by atoms with van der Waals surface area (Å²) in [5, 5.41) is 2.55. The molecule has 0 unspecified atom stereocenters. The molecule has 1 amide bonds. The Hall–Kier alpha value is -2.76. The van der Waals surface area contributed by atoms with Gasteiger partial charge in [-0.15, -0.1) is 0 Å². The van der Waals surface area contributed by atoms with Crippen molar-refractivity contribution >= 4 is 11.6 Å². The minimum absolute atomic E-state index is 0.258. The van der Waals surface area contributed by atoms with Gasteiger partial charge in [-0.2, -0.15) is 0 Å². The Bertz CT molecular complexity index is 678. The maximum absolute atomic E-state index is 13.1. The SMILES string of the molecule is COc1cc(C)cc(OC)c1OCC(=O)Nc1cccc(F)c1. The van der Waals surface area contributed by atoms with Crippen LogP contribution in [0, 0.1) is 12.7 Å². The van der Waals surface area contributed by atoms with Gasteiger partial charge in [0.1, 0.15) is 5.82 Å². The fourth-order valence-electron chi connectivity index (χ4n) is 2.05. The first-order valence-corrected chi connectivity index (χ1v) is 6.94. The van der Waals surface area contributed by atoms with Crippen molar-refractivity contribution in [3.05, 3.63) is 47.8 Å². The van der Waals surface area contributed by atoms with Gasteiger partial charge in [-0.3, -0.25) is 4.79 Å². The van der Waals surface area contributed by atoms with Crippen LogP contribution < -0.4 is 19.5 Å². The van der Waals surface area contributed by atoms with E-state index < -0.39 is 11.7 Å². The number of carbonyl (C=O) groups excluding carboxylic acids is 1. The van der Waals surface area contributed by atoms with Crippen molar-refractivity contribution in [1.82, 2.24) is 0 Å². The van der Waals surface area contributed by atoms with Crippen LogP contribution in [0.2, 0.25) is 0 Å². The smallest absolute Gasteiger partial charge is 0.262 e. The lowest BCUT2D eigenvalue weighted by atomic mass is 10.2. The Labute approximate surface area is 134 Å². The van der Waals surface area contributed by atoms with Gasteiger partial charge in [-0.1, -0.05) is 6.07 Å². The summed E-state index contributed by atoms with van der Waals surface area (Å²) >= 11 is 0. The zero-order chi connectivity index (χ0) is 16.8. The molecule has 0 aromatic heterocycles. The number of hydrogen-bond donors (Lipinski definition) is 1. The van der Waals surface area contributed by atoms with E-state index in [0.29, 0.717) is 22.9 Å². The summed E-state index contributed by atoms with van der Waals surface area (Å²) in [5.41, 5.74) is 1.30. The standard InChI is InChI=1S/C17H18FNO4/c1-11-7-14(21-2)17(15(8-11)22-3)23-10-16(20)19-13-6-4-5-12(18)9-13/h4-9H,10H2,1-3H3,(H,19,20). The van der Waals surface area contributed by atoms with Gasteiger partial charge < -0.3 is 19.5 Å². The lowest BCUT2D eigenvalue weighted by molar-refractivity contribution is -0.118. The first-order chi connectivity index (χ1) is 11.0. The second kappa shape index (κ2) is 7.49. The normalized spacial score (nSPS) is 10.1. The summed E-state index contributed by atoms with van der Waals surface area (Å²) < 4.78 is 29.1. The van der Waals surface area contributed by atoms with Crippen molar-refractivity contribution in [3.63, 3.8) is 0 Å². The number of rotatable bonds is 6. The molecule has 0 aliphatic carbocycles. The van der Waals surface area contributed by atoms with Gasteiger partial charge in [-0.05, 0) is 42.8 Å². The van der Waals surface area contributed by atoms with Crippen LogP contribution in [-0.4, -0.2) is 26.7 Å². The summed E-state index contributed by atoms with van der Waals surface area (Å²) in [6.45, 7) is 1.64. The molecule has 6 heteroatoms. The molecule has 0 heterocycles. The molecule has 2 aromatic carbocycles. The minimum Gasteiger partial charge on any atom is -0.493 e. The highest BCUT2D eigenvalue weighted by Crippen LogP contribution is 2.38. The highest BCUT2D eigenvalue weighted by molar-refractivity contribution is 5.91. The maximum atomic E-state index is 13.1. The van der Waals surface area contributed by atoms with Crippen molar-refractivity contribution in [2.45, 2.75) is 6.92 Å². The van der Waals surface area contributed by atoms with Gasteiger partial charge in [0.05, 0.1) is 14.2 Å². The summed E-state index contributed by atoms with van der Waals surface area (Å²) in [4.78, 5) is 11.9. The van der Waals surface area contributed by atoms with Crippen molar-refractivity contribution < 1.29 is 23.4 Å². The van der Waals surface area contributed by atoms with Gasteiger partial charge >= 0.3 is 0 Å². The van der Waals surface area contributed by atoms with Crippen molar-refractivity contribution in [2.24, 2.45) is 0 Å². The number of anilines is 1. The molecule has 0 aliphatic rings. The van der Waals surface area contributed by atoms with Crippen molar-refractivity contribution in [2.75, 3.05) is 26.1 Å². The number of benzene rings is 2. The second-order valence-electron chi connectivity index (χ2n) is 4.85. The predicted octanol–water partition coefficient (Wildman–Crippen LogP) is 3.17. The molecule has 0 saturated heterocycles. The van der Waals surface area contributed by atoms with Crippen LogP contribution in [0.1, 0.15) is 5.56 Å². The van der Waals surface area contributed by atoms with E-state index in [2.05, 4.69) is 5.32 Å². The lowest BCUT2D eigenvalue weighted by Crippen LogP contribution is -2.20.